The molecule has 0 fully saturated rings. The van der Waals surface area contributed by atoms with Crippen LogP contribution >= 0.6 is 0 Å². The summed E-state index contributed by atoms with van der Waals surface area (Å²) in [6, 6.07) is 7.02. The smallest absolute Gasteiger partial charge is 0.239 e. The van der Waals surface area contributed by atoms with Gasteiger partial charge >= 0.3 is 0 Å². The number of benzene rings is 1. The molecule has 4 heteroatoms. The van der Waals surface area contributed by atoms with Gasteiger partial charge in [-0.1, -0.05) is 12.1 Å². The van der Waals surface area contributed by atoms with Crippen LogP contribution in [0.4, 0.5) is 0 Å². The molecule has 16 heavy (non-hydrogen) atoms. The second-order valence-electron chi connectivity index (χ2n) is 3.77. The first-order chi connectivity index (χ1) is 7.56. The van der Waals surface area contributed by atoms with E-state index in [1.54, 1.807) is 4.90 Å². The van der Waals surface area contributed by atoms with Crippen molar-refractivity contribution in [3.05, 3.63) is 29.8 Å². The van der Waals surface area contributed by atoms with E-state index < -0.39 is 6.04 Å². The monoisotopic (exact) mass is 222 g/mol. The molecule has 4 nitrogen and oxygen atoms in total. The van der Waals surface area contributed by atoms with Gasteiger partial charge < -0.3 is 10.5 Å². The molecule has 0 spiro atoms. The highest BCUT2D eigenvalue weighted by atomic mass is 16.5. The molecule has 0 bridgehead atoms. The van der Waals surface area contributed by atoms with Crippen molar-refractivity contribution in [2.45, 2.75) is 13.0 Å². The van der Waals surface area contributed by atoms with Gasteiger partial charge in [-0.3, -0.25) is 9.69 Å². The maximum Gasteiger partial charge on any atom is 0.239 e. The lowest BCUT2D eigenvalue weighted by Crippen LogP contribution is -2.32. The van der Waals surface area contributed by atoms with Gasteiger partial charge in [0.1, 0.15) is 11.8 Å². The average molecular weight is 222 g/mol. The van der Waals surface area contributed by atoms with E-state index in [4.69, 9.17) is 10.5 Å². The molecule has 0 radical (unpaired) electrons. The van der Waals surface area contributed by atoms with Crippen LogP contribution in [0.5, 0.6) is 5.75 Å². The number of amides is 1. The molecule has 1 unspecified atom stereocenters. The molecule has 0 aromatic heterocycles. The minimum Gasteiger partial charge on any atom is -0.494 e. The summed E-state index contributed by atoms with van der Waals surface area (Å²) < 4.78 is 5.33. The third kappa shape index (κ3) is 2.97. The van der Waals surface area contributed by atoms with Crippen LogP contribution in [0.2, 0.25) is 0 Å². The zero-order valence-corrected chi connectivity index (χ0v) is 9.93. The Morgan fingerprint density at radius 1 is 1.38 bits per heavy atom. The van der Waals surface area contributed by atoms with Crippen LogP contribution in [-0.2, 0) is 4.79 Å². The van der Waals surface area contributed by atoms with E-state index in [0.717, 1.165) is 11.3 Å². The molecule has 1 aromatic rings. The molecule has 1 aromatic carbocycles. The normalized spacial score (nSPS) is 12.5. The van der Waals surface area contributed by atoms with E-state index in [0.29, 0.717) is 6.61 Å². The second kappa shape index (κ2) is 5.51. The summed E-state index contributed by atoms with van der Waals surface area (Å²) in [5.41, 5.74) is 6.23. The van der Waals surface area contributed by atoms with Crippen molar-refractivity contribution in [3.63, 3.8) is 0 Å². The van der Waals surface area contributed by atoms with E-state index in [2.05, 4.69) is 0 Å². The van der Waals surface area contributed by atoms with Crippen LogP contribution in [0.25, 0.3) is 0 Å². The van der Waals surface area contributed by atoms with Crippen LogP contribution in [-0.4, -0.2) is 31.5 Å². The van der Waals surface area contributed by atoms with E-state index in [9.17, 15) is 4.79 Å². The molecule has 0 aliphatic carbocycles. The van der Waals surface area contributed by atoms with Gasteiger partial charge in [0, 0.05) is 0 Å². The Kier molecular flexibility index (Phi) is 4.31. The zero-order valence-electron chi connectivity index (χ0n) is 9.93. The van der Waals surface area contributed by atoms with Crippen molar-refractivity contribution in [1.29, 1.82) is 0 Å². The van der Waals surface area contributed by atoms with Gasteiger partial charge in [0.2, 0.25) is 5.91 Å². The molecule has 0 aliphatic rings. The van der Waals surface area contributed by atoms with Gasteiger partial charge in [-0.25, -0.2) is 0 Å². The van der Waals surface area contributed by atoms with E-state index in [1.807, 2.05) is 45.3 Å². The summed E-state index contributed by atoms with van der Waals surface area (Å²) in [7, 11) is 3.65. The standard InChI is InChI=1S/C12H18N2O2/c1-4-16-10-7-5-9(6-8-10)11(12(13)15)14(2)3/h5-8,11H,4H2,1-3H3,(H2,13,15). The molecular formula is C12H18N2O2. The Bertz CT molecular complexity index is 347. The lowest BCUT2D eigenvalue weighted by molar-refractivity contribution is -0.122. The van der Waals surface area contributed by atoms with Gasteiger partial charge in [-0.2, -0.15) is 0 Å². The van der Waals surface area contributed by atoms with Gasteiger partial charge in [0.05, 0.1) is 6.61 Å². The summed E-state index contributed by atoms with van der Waals surface area (Å²) in [5, 5.41) is 0. The first kappa shape index (κ1) is 12.5. The first-order valence-corrected chi connectivity index (χ1v) is 5.24. The van der Waals surface area contributed by atoms with Gasteiger partial charge in [0.25, 0.3) is 0 Å². The number of rotatable bonds is 5. The number of primary amides is 1. The Morgan fingerprint density at radius 3 is 2.31 bits per heavy atom. The van der Waals surface area contributed by atoms with Gasteiger partial charge in [-0.05, 0) is 38.7 Å². The maximum atomic E-state index is 11.3. The van der Waals surface area contributed by atoms with Crippen molar-refractivity contribution < 1.29 is 9.53 Å². The summed E-state index contributed by atoms with van der Waals surface area (Å²) in [6.07, 6.45) is 0. The van der Waals surface area contributed by atoms with Crippen molar-refractivity contribution in [1.82, 2.24) is 4.90 Å². The fourth-order valence-electron chi connectivity index (χ4n) is 1.63. The number of ether oxygens (including phenoxy) is 1. The Labute approximate surface area is 96.0 Å². The number of hydrogen-bond acceptors (Lipinski definition) is 3. The Balaban J connectivity index is 2.90. The van der Waals surface area contributed by atoms with Crippen molar-refractivity contribution in [2.24, 2.45) is 5.73 Å². The van der Waals surface area contributed by atoms with Crippen molar-refractivity contribution >= 4 is 5.91 Å². The zero-order chi connectivity index (χ0) is 12.1. The molecule has 0 saturated heterocycles. The second-order valence-corrected chi connectivity index (χ2v) is 3.77. The van der Waals surface area contributed by atoms with Crippen molar-refractivity contribution in [2.75, 3.05) is 20.7 Å². The fourth-order valence-corrected chi connectivity index (χ4v) is 1.63. The number of hydrogen-bond donors (Lipinski definition) is 1. The highest BCUT2D eigenvalue weighted by Crippen LogP contribution is 2.20. The predicted molar refractivity (Wildman–Crippen MR) is 63.2 cm³/mol. The molecule has 88 valence electrons. The maximum absolute atomic E-state index is 11.3. The highest BCUT2D eigenvalue weighted by Gasteiger charge is 2.19. The minimum atomic E-state index is -0.393. The molecule has 0 heterocycles. The van der Waals surface area contributed by atoms with Crippen LogP contribution < -0.4 is 10.5 Å². The average Bonchev–Trinajstić information content (AvgIpc) is 2.20. The summed E-state index contributed by atoms with van der Waals surface area (Å²) in [6.45, 7) is 2.56. The molecular weight excluding hydrogens is 204 g/mol. The third-order valence-electron chi connectivity index (χ3n) is 2.29. The fraction of sp³-hybridized carbons (Fsp3) is 0.417. The largest absolute Gasteiger partial charge is 0.494 e. The molecule has 1 atom stereocenters. The lowest BCUT2D eigenvalue weighted by Gasteiger charge is -2.21. The SMILES string of the molecule is CCOc1ccc(C(C(N)=O)N(C)C)cc1. The van der Waals surface area contributed by atoms with E-state index in [1.165, 1.54) is 0 Å². The number of nitrogens with zero attached hydrogens (tertiary/aromatic N) is 1. The molecule has 1 amide bonds. The highest BCUT2D eigenvalue weighted by molar-refractivity contribution is 5.81. The quantitative estimate of drug-likeness (QED) is 0.813. The molecule has 0 saturated carbocycles. The molecule has 2 N–H and O–H groups in total. The lowest BCUT2D eigenvalue weighted by atomic mass is 10.1. The molecule has 1 rings (SSSR count). The Morgan fingerprint density at radius 2 is 1.94 bits per heavy atom. The predicted octanol–water partition coefficient (Wildman–Crippen LogP) is 1.17. The topological polar surface area (TPSA) is 55.6 Å². The van der Waals surface area contributed by atoms with Crippen molar-refractivity contribution in [3.8, 4) is 5.75 Å². The summed E-state index contributed by atoms with van der Waals surface area (Å²) in [4.78, 5) is 13.1. The van der Waals surface area contributed by atoms with Gasteiger partial charge in [0.15, 0.2) is 0 Å². The number of carbonyl (C=O) groups excluding carboxylic acids is 1. The molecule has 0 aliphatic heterocycles. The van der Waals surface area contributed by atoms with Crippen LogP contribution in [0.3, 0.4) is 0 Å². The van der Waals surface area contributed by atoms with Gasteiger partial charge in [-0.15, -0.1) is 0 Å². The number of carbonyl (C=O) groups is 1. The Hall–Kier alpha value is -1.55. The minimum absolute atomic E-state index is 0.353. The first-order valence-electron chi connectivity index (χ1n) is 5.24. The third-order valence-corrected chi connectivity index (χ3v) is 2.29. The number of likely N-dealkylation sites (N-methyl/N-ethyl adjacent to an activating group) is 1. The summed E-state index contributed by atoms with van der Waals surface area (Å²) >= 11 is 0. The van der Waals surface area contributed by atoms with Crippen LogP contribution in [0.1, 0.15) is 18.5 Å². The number of nitrogens with two attached hydrogens (primary N) is 1. The van der Waals surface area contributed by atoms with E-state index >= 15 is 0 Å². The van der Waals surface area contributed by atoms with Crippen LogP contribution in [0.15, 0.2) is 24.3 Å². The van der Waals surface area contributed by atoms with Crippen LogP contribution in [0, 0.1) is 0 Å². The van der Waals surface area contributed by atoms with E-state index in [-0.39, 0.29) is 5.91 Å². The summed E-state index contributed by atoms with van der Waals surface area (Å²) in [5.74, 6) is 0.447.